The predicted molar refractivity (Wildman–Crippen MR) is 111 cm³/mol. The summed E-state index contributed by atoms with van der Waals surface area (Å²) >= 11 is 0. The molecule has 0 radical (unpaired) electrons. The molecule has 0 unspecified atom stereocenters. The molecule has 2 aromatic heterocycles. The highest BCUT2D eigenvalue weighted by Gasteiger charge is 2.39. The number of aryl methyl sites for hydroxylation is 1. The number of nitrogens with one attached hydrogen (secondary N) is 2. The number of carbonyl (C=O) groups excluding carboxylic acids is 1. The SMILES string of the molecule is Cc1cncc(C(=O)N2C[C@@H](NS(C)(=O)=O)C[C@H]2c2nc(-c3ccccc3)n[nH]2)c1. The van der Waals surface area contributed by atoms with E-state index in [4.69, 9.17) is 0 Å². The molecule has 0 bridgehead atoms. The molecule has 3 heterocycles. The second-order valence-electron chi connectivity index (χ2n) is 7.46. The first-order valence-electron chi connectivity index (χ1n) is 9.48. The molecule has 9 nitrogen and oxygen atoms in total. The number of hydrogen-bond donors (Lipinski definition) is 2. The first-order valence-corrected chi connectivity index (χ1v) is 11.4. The van der Waals surface area contributed by atoms with E-state index < -0.39 is 22.1 Å². The summed E-state index contributed by atoms with van der Waals surface area (Å²) in [5.41, 5.74) is 2.17. The highest BCUT2D eigenvalue weighted by atomic mass is 32.2. The van der Waals surface area contributed by atoms with Crippen molar-refractivity contribution in [2.45, 2.75) is 25.4 Å². The average molecular weight is 427 g/mol. The van der Waals surface area contributed by atoms with Crippen LogP contribution in [0, 0.1) is 6.92 Å². The molecule has 156 valence electrons. The standard InChI is InChI=1S/C20H22N6O3S/c1-13-8-15(11-21-10-13)20(27)26-12-16(25-30(2,28)29)9-17(26)19-22-18(23-24-19)14-6-4-3-5-7-14/h3-8,10-11,16-17,25H,9,12H2,1-2H3,(H,22,23,24)/t16-,17-/m0/s1. The minimum Gasteiger partial charge on any atom is -0.327 e. The Morgan fingerprint density at radius 1 is 1.23 bits per heavy atom. The van der Waals surface area contributed by atoms with Crippen molar-refractivity contribution in [3.63, 3.8) is 0 Å². The monoisotopic (exact) mass is 426 g/mol. The van der Waals surface area contributed by atoms with Gasteiger partial charge >= 0.3 is 0 Å². The molecule has 1 aliphatic rings. The number of likely N-dealkylation sites (tertiary alicyclic amines) is 1. The van der Waals surface area contributed by atoms with Crippen molar-refractivity contribution in [2.24, 2.45) is 0 Å². The molecule has 1 fully saturated rings. The van der Waals surface area contributed by atoms with Gasteiger partial charge < -0.3 is 4.90 Å². The zero-order valence-electron chi connectivity index (χ0n) is 16.6. The van der Waals surface area contributed by atoms with E-state index in [-0.39, 0.29) is 12.5 Å². The lowest BCUT2D eigenvalue weighted by Gasteiger charge is -2.22. The molecule has 1 amide bonds. The van der Waals surface area contributed by atoms with Gasteiger partial charge in [-0.1, -0.05) is 30.3 Å². The summed E-state index contributed by atoms with van der Waals surface area (Å²) in [7, 11) is -3.42. The van der Waals surface area contributed by atoms with Crippen LogP contribution >= 0.6 is 0 Å². The van der Waals surface area contributed by atoms with Gasteiger partial charge in [-0.15, -0.1) is 0 Å². The van der Waals surface area contributed by atoms with Crippen LogP contribution in [-0.4, -0.2) is 58.2 Å². The van der Waals surface area contributed by atoms with Crippen molar-refractivity contribution in [3.8, 4) is 11.4 Å². The van der Waals surface area contributed by atoms with Crippen LogP contribution in [0.5, 0.6) is 0 Å². The second-order valence-corrected chi connectivity index (χ2v) is 9.24. The van der Waals surface area contributed by atoms with E-state index in [1.54, 1.807) is 17.2 Å². The molecule has 2 atom stereocenters. The zero-order valence-corrected chi connectivity index (χ0v) is 17.4. The third-order valence-corrected chi connectivity index (χ3v) is 5.68. The minimum atomic E-state index is -3.42. The van der Waals surface area contributed by atoms with Gasteiger partial charge in [0.2, 0.25) is 10.0 Å². The number of amides is 1. The molecule has 2 N–H and O–H groups in total. The van der Waals surface area contributed by atoms with Gasteiger partial charge in [-0.05, 0) is 25.0 Å². The smallest absolute Gasteiger partial charge is 0.256 e. The summed E-state index contributed by atoms with van der Waals surface area (Å²) in [4.78, 5) is 23.5. The maximum Gasteiger partial charge on any atom is 0.256 e. The Balaban J connectivity index is 1.66. The Kier molecular flexibility index (Phi) is 5.35. The number of pyridine rings is 1. The summed E-state index contributed by atoms with van der Waals surface area (Å²) < 4.78 is 26.1. The van der Waals surface area contributed by atoms with Crippen LogP contribution < -0.4 is 4.72 Å². The number of carbonyl (C=O) groups is 1. The summed E-state index contributed by atoms with van der Waals surface area (Å²) in [5, 5.41) is 7.22. The molecule has 1 aliphatic heterocycles. The van der Waals surface area contributed by atoms with Crippen LogP contribution in [0.3, 0.4) is 0 Å². The van der Waals surface area contributed by atoms with Crippen molar-refractivity contribution in [1.82, 2.24) is 29.8 Å². The van der Waals surface area contributed by atoms with Crippen molar-refractivity contribution in [3.05, 3.63) is 65.7 Å². The highest BCUT2D eigenvalue weighted by molar-refractivity contribution is 7.88. The Morgan fingerprint density at radius 3 is 2.70 bits per heavy atom. The van der Waals surface area contributed by atoms with Gasteiger partial charge in [0.05, 0.1) is 17.9 Å². The zero-order chi connectivity index (χ0) is 21.3. The van der Waals surface area contributed by atoms with Crippen LogP contribution in [-0.2, 0) is 10.0 Å². The topological polar surface area (TPSA) is 121 Å². The summed E-state index contributed by atoms with van der Waals surface area (Å²) in [6.07, 6.45) is 4.69. The van der Waals surface area contributed by atoms with E-state index in [0.717, 1.165) is 17.4 Å². The van der Waals surface area contributed by atoms with Gasteiger partial charge in [0, 0.05) is 30.5 Å². The number of aromatic amines is 1. The average Bonchev–Trinajstić information content (AvgIpc) is 3.34. The minimum absolute atomic E-state index is 0.228. The van der Waals surface area contributed by atoms with Crippen LogP contribution in [0.25, 0.3) is 11.4 Å². The molecule has 4 rings (SSSR count). The maximum atomic E-state index is 13.2. The van der Waals surface area contributed by atoms with Gasteiger partial charge in [0.15, 0.2) is 5.82 Å². The van der Waals surface area contributed by atoms with Crippen LogP contribution in [0.4, 0.5) is 0 Å². The Labute approximate surface area is 174 Å². The number of rotatable bonds is 5. The van der Waals surface area contributed by atoms with Crippen LogP contribution in [0.2, 0.25) is 0 Å². The number of H-pyrrole nitrogens is 1. The Hall–Kier alpha value is -3.11. The lowest BCUT2D eigenvalue weighted by Crippen LogP contribution is -2.38. The summed E-state index contributed by atoms with van der Waals surface area (Å²) in [5.74, 6) is 0.807. The van der Waals surface area contributed by atoms with Crippen molar-refractivity contribution < 1.29 is 13.2 Å². The summed E-state index contributed by atoms with van der Waals surface area (Å²) in [6.45, 7) is 2.09. The number of sulfonamides is 1. The van der Waals surface area contributed by atoms with Crippen molar-refractivity contribution in [1.29, 1.82) is 0 Å². The van der Waals surface area contributed by atoms with Crippen LogP contribution in [0.15, 0.2) is 48.8 Å². The van der Waals surface area contributed by atoms with E-state index >= 15 is 0 Å². The molecule has 10 heteroatoms. The number of hydrogen-bond acceptors (Lipinski definition) is 6. The van der Waals surface area contributed by atoms with Gasteiger partial charge in [-0.3, -0.25) is 14.9 Å². The van der Waals surface area contributed by atoms with E-state index in [1.807, 2.05) is 37.3 Å². The van der Waals surface area contributed by atoms with Gasteiger partial charge in [0.25, 0.3) is 5.91 Å². The molecule has 0 spiro atoms. The molecule has 30 heavy (non-hydrogen) atoms. The van der Waals surface area contributed by atoms with E-state index in [1.165, 1.54) is 6.20 Å². The number of aromatic nitrogens is 4. The van der Waals surface area contributed by atoms with Gasteiger partial charge in [-0.2, -0.15) is 5.10 Å². The highest BCUT2D eigenvalue weighted by Crippen LogP contribution is 2.32. The Morgan fingerprint density at radius 2 is 2.00 bits per heavy atom. The maximum absolute atomic E-state index is 13.2. The fourth-order valence-corrected chi connectivity index (χ4v) is 4.46. The summed E-state index contributed by atoms with van der Waals surface area (Å²) in [6, 6.07) is 10.4. The largest absolute Gasteiger partial charge is 0.327 e. The molecular weight excluding hydrogens is 404 g/mol. The first kappa shape index (κ1) is 20.2. The Bertz CT molecular complexity index is 1160. The normalized spacial score (nSPS) is 19.2. The quantitative estimate of drug-likeness (QED) is 0.640. The third kappa shape index (κ3) is 4.39. The molecule has 1 aromatic carbocycles. The fourth-order valence-electron chi connectivity index (χ4n) is 3.69. The molecular formula is C20H22N6O3S. The molecule has 0 saturated carbocycles. The van der Waals surface area contributed by atoms with E-state index in [0.29, 0.717) is 23.6 Å². The predicted octanol–water partition coefficient (Wildman–Crippen LogP) is 1.68. The van der Waals surface area contributed by atoms with Gasteiger partial charge in [0.1, 0.15) is 5.82 Å². The number of nitrogens with zero attached hydrogens (tertiary/aromatic N) is 4. The molecule has 1 saturated heterocycles. The first-order chi connectivity index (χ1) is 14.3. The second kappa shape index (κ2) is 7.96. The third-order valence-electron chi connectivity index (χ3n) is 4.91. The lowest BCUT2D eigenvalue weighted by molar-refractivity contribution is 0.0727. The van der Waals surface area contributed by atoms with E-state index in [9.17, 15) is 13.2 Å². The van der Waals surface area contributed by atoms with Crippen LogP contribution in [0.1, 0.15) is 34.2 Å². The number of benzene rings is 1. The van der Waals surface area contributed by atoms with Gasteiger partial charge in [-0.25, -0.2) is 18.1 Å². The fraction of sp³-hybridized carbons (Fsp3) is 0.300. The van der Waals surface area contributed by atoms with Crippen molar-refractivity contribution in [2.75, 3.05) is 12.8 Å². The molecule has 0 aliphatic carbocycles. The van der Waals surface area contributed by atoms with E-state index in [2.05, 4.69) is 24.9 Å². The molecule has 3 aromatic rings. The van der Waals surface area contributed by atoms with Crippen molar-refractivity contribution >= 4 is 15.9 Å². The lowest BCUT2D eigenvalue weighted by atomic mass is 10.1.